The highest BCUT2D eigenvalue weighted by Gasteiger charge is 2.21. The van der Waals surface area contributed by atoms with Crippen molar-refractivity contribution in [2.24, 2.45) is 0 Å². The van der Waals surface area contributed by atoms with Crippen LogP contribution in [-0.2, 0) is 4.79 Å². The first kappa shape index (κ1) is 19.0. The highest BCUT2D eigenvalue weighted by molar-refractivity contribution is 5.92. The Morgan fingerprint density at radius 3 is 2.59 bits per heavy atom. The van der Waals surface area contributed by atoms with Crippen molar-refractivity contribution >= 4 is 28.6 Å². The van der Waals surface area contributed by atoms with Crippen LogP contribution in [0.4, 0.5) is 5.69 Å². The van der Waals surface area contributed by atoms with Gasteiger partial charge in [0.2, 0.25) is 5.91 Å². The quantitative estimate of drug-likeness (QED) is 0.621. The van der Waals surface area contributed by atoms with Gasteiger partial charge in [-0.15, -0.1) is 0 Å². The van der Waals surface area contributed by atoms with Crippen LogP contribution in [0.1, 0.15) is 12.6 Å². The number of benzene rings is 2. The highest BCUT2D eigenvalue weighted by atomic mass is 16.5. The van der Waals surface area contributed by atoms with Crippen molar-refractivity contribution in [1.82, 2.24) is 9.88 Å². The van der Waals surface area contributed by atoms with E-state index >= 15 is 0 Å². The minimum Gasteiger partial charge on any atom is -0.492 e. The molecule has 0 radical (unpaired) electrons. The minimum absolute atomic E-state index is 0.0256. The number of ether oxygens (including phenoxy) is 1. The number of hydrogen-bond donors (Lipinski definition) is 0. The maximum absolute atomic E-state index is 12.6. The Labute approximate surface area is 171 Å². The molecule has 1 fully saturated rings. The van der Waals surface area contributed by atoms with Gasteiger partial charge in [0.15, 0.2) is 0 Å². The number of amides is 1. The van der Waals surface area contributed by atoms with Gasteiger partial charge in [-0.25, -0.2) is 4.98 Å². The molecule has 2 aromatic carbocycles. The number of rotatable bonds is 5. The first-order valence-electron chi connectivity index (χ1n) is 10.0. The molecule has 4 rings (SSSR count). The molecule has 5 nitrogen and oxygen atoms in total. The summed E-state index contributed by atoms with van der Waals surface area (Å²) in [6, 6.07) is 20.0. The zero-order chi connectivity index (χ0) is 20.1. The Morgan fingerprint density at radius 2 is 1.76 bits per heavy atom. The van der Waals surface area contributed by atoms with Gasteiger partial charge in [-0.1, -0.05) is 36.4 Å². The number of carbonyl (C=O) groups is 1. The fourth-order valence-corrected chi connectivity index (χ4v) is 3.60. The molecule has 1 amide bonds. The number of pyridine rings is 1. The van der Waals surface area contributed by atoms with E-state index in [1.807, 2.05) is 66.4 Å². The number of hydrogen-bond acceptors (Lipinski definition) is 4. The summed E-state index contributed by atoms with van der Waals surface area (Å²) in [7, 11) is 0. The van der Waals surface area contributed by atoms with E-state index in [1.54, 1.807) is 12.2 Å². The van der Waals surface area contributed by atoms with Gasteiger partial charge >= 0.3 is 0 Å². The lowest BCUT2D eigenvalue weighted by atomic mass is 10.2. The number of anilines is 1. The SMILES string of the molecule is CCOc1ccccc1N1CCN(C(=O)/C=C/c2ccc3ccccc3n2)CC1. The molecule has 1 saturated heterocycles. The van der Waals surface area contributed by atoms with Gasteiger partial charge in [-0.3, -0.25) is 4.79 Å². The normalized spacial score (nSPS) is 14.5. The Hall–Kier alpha value is -3.34. The molecular formula is C24H25N3O2. The lowest BCUT2D eigenvalue weighted by molar-refractivity contribution is -0.126. The average molecular weight is 387 g/mol. The summed E-state index contributed by atoms with van der Waals surface area (Å²) >= 11 is 0. The third-order valence-electron chi connectivity index (χ3n) is 5.11. The van der Waals surface area contributed by atoms with Crippen LogP contribution in [0, 0.1) is 0 Å². The first-order chi connectivity index (χ1) is 14.2. The Kier molecular flexibility index (Phi) is 5.75. The molecule has 3 aromatic rings. The second-order valence-electron chi connectivity index (χ2n) is 6.98. The summed E-state index contributed by atoms with van der Waals surface area (Å²) in [6.07, 6.45) is 3.42. The van der Waals surface area contributed by atoms with Crippen LogP contribution in [-0.4, -0.2) is 48.6 Å². The van der Waals surface area contributed by atoms with Crippen LogP contribution in [0.15, 0.2) is 66.7 Å². The molecule has 0 spiro atoms. The summed E-state index contributed by atoms with van der Waals surface area (Å²) in [5.41, 5.74) is 2.82. The number of piperazine rings is 1. The number of fused-ring (bicyclic) bond motifs is 1. The van der Waals surface area contributed by atoms with E-state index in [0.29, 0.717) is 19.7 Å². The molecule has 2 heterocycles. The van der Waals surface area contributed by atoms with Gasteiger partial charge in [-0.2, -0.15) is 0 Å². The molecule has 1 aliphatic rings. The maximum Gasteiger partial charge on any atom is 0.246 e. The van der Waals surface area contributed by atoms with Crippen molar-refractivity contribution in [2.45, 2.75) is 6.92 Å². The highest BCUT2D eigenvalue weighted by Crippen LogP contribution is 2.28. The third kappa shape index (κ3) is 4.40. The molecule has 0 aliphatic carbocycles. The lowest BCUT2D eigenvalue weighted by Gasteiger charge is -2.36. The standard InChI is InChI=1S/C24H25N3O2/c1-2-29-23-10-6-5-9-22(23)26-15-17-27(18-16-26)24(28)14-13-20-12-11-19-7-3-4-8-21(19)25-20/h3-14H,2,15-18H2,1H3/b14-13+. The predicted octanol–water partition coefficient (Wildman–Crippen LogP) is 4.00. The average Bonchev–Trinajstić information content (AvgIpc) is 2.78. The van der Waals surface area contributed by atoms with E-state index in [2.05, 4.69) is 16.0 Å². The van der Waals surface area contributed by atoms with Gasteiger partial charge in [0.05, 0.1) is 23.5 Å². The molecular weight excluding hydrogens is 362 g/mol. The lowest BCUT2D eigenvalue weighted by Crippen LogP contribution is -2.48. The van der Waals surface area contributed by atoms with Crippen molar-refractivity contribution in [3.63, 3.8) is 0 Å². The topological polar surface area (TPSA) is 45.7 Å². The fraction of sp³-hybridized carbons (Fsp3) is 0.250. The largest absolute Gasteiger partial charge is 0.492 e. The monoisotopic (exact) mass is 387 g/mol. The van der Waals surface area contributed by atoms with E-state index in [4.69, 9.17) is 4.74 Å². The third-order valence-corrected chi connectivity index (χ3v) is 5.11. The van der Waals surface area contributed by atoms with Crippen molar-refractivity contribution in [1.29, 1.82) is 0 Å². The number of aromatic nitrogens is 1. The van der Waals surface area contributed by atoms with Crippen LogP contribution >= 0.6 is 0 Å². The molecule has 0 unspecified atom stereocenters. The van der Waals surface area contributed by atoms with Gasteiger partial charge in [0.1, 0.15) is 5.75 Å². The Morgan fingerprint density at radius 1 is 1.00 bits per heavy atom. The van der Waals surface area contributed by atoms with Crippen LogP contribution in [0.25, 0.3) is 17.0 Å². The van der Waals surface area contributed by atoms with Gasteiger partial charge in [0, 0.05) is 37.6 Å². The fourth-order valence-electron chi connectivity index (χ4n) is 3.60. The molecule has 29 heavy (non-hydrogen) atoms. The van der Waals surface area contributed by atoms with Crippen molar-refractivity contribution < 1.29 is 9.53 Å². The Bertz CT molecular complexity index is 1020. The molecule has 5 heteroatoms. The van der Waals surface area contributed by atoms with E-state index in [-0.39, 0.29) is 5.91 Å². The molecule has 0 atom stereocenters. The van der Waals surface area contributed by atoms with E-state index in [1.165, 1.54) is 0 Å². The van der Waals surface area contributed by atoms with Crippen LogP contribution in [0.3, 0.4) is 0 Å². The predicted molar refractivity (Wildman–Crippen MR) is 117 cm³/mol. The zero-order valence-electron chi connectivity index (χ0n) is 16.6. The molecule has 148 valence electrons. The molecule has 1 aromatic heterocycles. The Balaban J connectivity index is 1.38. The molecule has 0 saturated carbocycles. The van der Waals surface area contributed by atoms with E-state index < -0.39 is 0 Å². The van der Waals surface area contributed by atoms with Crippen molar-refractivity contribution in [2.75, 3.05) is 37.7 Å². The minimum atomic E-state index is 0.0256. The summed E-state index contributed by atoms with van der Waals surface area (Å²) < 4.78 is 5.74. The summed E-state index contributed by atoms with van der Waals surface area (Å²) in [6.45, 7) is 5.59. The van der Waals surface area contributed by atoms with E-state index in [0.717, 1.165) is 41.1 Å². The van der Waals surface area contributed by atoms with Crippen molar-refractivity contribution in [3.8, 4) is 5.75 Å². The smallest absolute Gasteiger partial charge is 0.246 e. The summed E-state index contributed by atoms with van der Waals surface area (Å²) in [5.74, 6) is 0.926. The van der Waals surface area contributed by atoms with Crippen LogP contribution in [0.5, 0.6) is 5.75 Å². The number of para-hydroxylation sites is 3. The second kappa shape index (κ2) is 8.78. The summed E-state index contributed by atoms with van der Waals surface area (Å²) in [4.78, 5) is 21.4. The van der Waals surface area contributed by atoms with Crippen LogP contribution < -0.4 is 9.64 Å². The molecule has 1 aliphatic heterocycles. The van der Waals surface area contributed by atoms with Crippen LogP contribution in [0.2, 0.25) is 0 Å². The number of nitrogens with zero attached hydrogens (tertiary/aromatic N) is 3. The number of carbonyl (C=O) groups excluding carboxylic acids is 1. The van der Waals surface area contributed by atoms with Gasteiger partial charge in [0.25, 0.3) is 0 Å². The maximum atomic E-state index is 12.6. The molecule has 0 N–H and O–H groups in total. The van der Waals surface area contributed by atoms with Gasteiger partial charge < -0.3 is 14.5 Å². The zero-order valence-corrected chi connectivity index (χ0v) is 16.6. The van der Waals surface area contributed by atoms with Gasteiger partial charge in [-0.05, 0) is 37.3 Å². The second-order valence-corrected chi connectivity index (χ2v) is 6.98. The van der Waals surface area contributed by atoms with Crippen molar-refractivity contribution in [3.05, 3.63) is 72.4 Å². The first-order valence-corrected chi connectivity index (χ1v) is 10.0. The van der Waals surface area contributed by atoms with E-state index in [9.17, 15) is 4.79 Å². The summed E-state index contributed by atoms with van der Waals surface area (Å²) in [5, 5.41) is 1.10. The molecule has 0 bridgehead atoms.